The summed E-state index contributed by atoms with van der Waals surface area (Å²) in [6.45, 7) is 2.17. The molecule has 0 aliphatic rings. The Bertz CT molecular complexity index is 620. The number of hydrogen-bond acceptors (Lipinski definition) is 2. The third kappa shape index (κ3) is 4.82. The Morgan fingerprint density at radius 2 is 2.00 bits per heavy atom. The van der Waals surface area contributed by atoms with Gasteiger partial charge in [-0.1, -0.05) is 43.9 Å². The van der Waals surface area contributed by atoms with Gasteiger partial charge in [-0.3, -0.25) is 4.79 Å². The minimum absolute atomic E-state index is 0.148. The summed E-state index contributed by atoms with van der Waals surface area (Å²) in [6, 6.07) is 12.3. The van der Waals surface area contributed by atoms with Gasteiger partial charge in [-0.05, 0) is 30.7 Å². The number of unbranched alkanes of at least 4 members (excludes halogenated alkanes) is 3. The molecule has 3 heteroatoms. The van der Waals surface area contributed by atoms with Gasteiger partial charge < -0.3 is 9.73 Å². The molecule has 1 aromatic heterocycles. The fourth-order valence-corrected chi connectivity index (χ4v) is 2.08. The lowest BCUT2D eigenvalue weighted by molar-refractivity contribution is 0.0942. The molecule has 22 heavy (non-hydrogen) atoms. The number of carbonyl (C=O) groups is 1. The van der Waals surface area contributed by atoms with Crippen LogP contribution in [0.25, 0.3) is 0 Å². The fraction of sp³-hybridized carbons (Fsp3) is 0.316. The van der Waals surface area contributed by atoms with E-state index in [0.29, 0.717) is 11.3 Å². The van der Waals surface area contributed by atoms with E-state index in [9.17, 15) is 4.79 Å². The third-order valence-corrected chi connectivity index (χ3v) is 3.29. The van der Waals surface area contributed by atoms with Crippen LogP contribution in [0, 0.1) is 11.8 Å². The van der Waals surface area contributed by atoms with Crippen molar-refractivity contribution < 1.29 is 9.21 Å². The van der Waals surface area contributed by atoms with E-state index in [-0.39, 0.29) is 5.91 Å². The zero-order chi connectivity index (χ0) is 15.6. The van der Waals surface area contributed by atoms with Crippen molar-refractivity contribution >= 4 is 5.91 Å². The second kappa shape index (κ2) is 8.74. The Labute approximate surface area is 131 Å². The summed E-state index contributed by atoms with van der Waals surface area (Å²) in [5.41, 5.74) is 0.617. The van der Waals surface area contributed by atoms with Crippen molar-refractivity contribution in [2.75, 3.05) is 0 Å². The van der Waals surface area contributed by atoms with Crippen molar-refractivity contribution in [2.45, 2.75) is 38.6 Å². The summed E-state index contributed by atoms with van der Waals surface area (Å²) in [6.07, 6.45) is 5.87. The molecule has 0 spiro atoms. The Balaban J connectivity index is 2.04. The third-order valence-electron chi connectivity index (χ3n) is 3.29. The van der Waals surface area contributed by atoms with Crippen LogP contribution >= 0.6 is 0 Å². The van der Waals surface area contributed by atoms with Gasteiger partial charge in [-0.2, -0.15) is 0 Å². The number of carbonyl (C=O) groups excluding carboxylic acids is 1. The fourth-order valence-electron chi connectivity index (χ4n) is 2.08. The molecule has 0 saturated carbocycles. The molecule has 2 rings (SSSR count). The highest BCUT2D eigenvalue weighted by Crippen LogP contribution is 2.14. The molecule has 0 aliphatic heterocycles. The van der Waals surface area contributed by atoms with Gasteiger partial charge in [-0.25, -0.2) is 0 Å². The van der Waals surface area contributed by atoms with Crippen molar-refractivity contribution in [3.05, 3.63) is 60.1 Å². The van der Waals surface area contributed by atoms with Crippen molar-refractivity contribution in [3.8, 4) is 11.8 Å². The number of nitrogens with one attached hydrogen (secondary N) is 1. The van der Waals surface area contributed by atoms with Gasteiger partial charge >= 0.3 is 0 Å². The molecule has 0 aliphatic carbocycles. The van der Waals surface area contributed by atoms with E-state index in [1.807, 2.05) is 24.3 Å². The molecule has 1 aromatic carbocycles. The Morgan fingerprint density at radius 1 is 1.18 bits per heavy atom. The molecular formula is C19H21NO2. The van der Waals surface area contributed by atoms with E-state index in [1.54, 1.807) is 24.5 Å². The van der Waals surface area contributed by atoms with Gasteiger partial charge in [0, 0.05) is 12.0 Å². The molecule has 0 radical (unpaired) electrons. The Morgan fingerprint density at radius 3 is 2.68 bits per heavy atom. The van der Waals surface area contributed by atoms with Crippen molar-refractivity contribution in [1.29, 1.82) is 0 Å². The predicted molar refractivity (Wildman–Crippen MR) is 87.3 cm³/mol. The first-order chi connectivity index (χ1) is 10.8. The number of rotatable bonds is 6. The molecule has 1 N–H and O–H groups in total. The molecule has 0 fully saturated rings. The topological polar surface area (TPSA) is 42.2 Å². The van der Waals surface area contributed by atoms with Gasteiger partial charge in [0.2, 0.25) is 0 Å². The van der Waals surface area contributed by atoms with Crippen LogP contribution in [0.4, 0.5) is 0 Å². The van der Waals surface area contributed by atoms with Crippen LogP contribution in [-0.2, 0) is 0 Å². The number of amides is 1. The average molecular weight is 295 g/mol. The monoisotopic (exact) mass is 295 g/mol. The zero-order valence-corrected chi connectivity index (χ0v) is 12.8. The largest absolute Gasteiger partial charge is 0.466 e. The number of furan rings is 1. The van der Waals surface area contributed by atoms with Crippen LogP contribution in [0.5, 0.6) is 0 Å². The average Bonchev–Trinajstić information content (AvgIpc) is 3.08. The smallest absolute Gasteiger partial charge is 0.252 e. The Hall–Kier alpha value is -2.47. The molecule has 1 amide bonds. The summed E-state index contributed by atoms with van der Waals surface area (Å²) >= 11 is 0. The van der Waals surface area contributed by atoms with Crippen LogP contribution in [0.3, 0.4) is 0 Å². The van der Waals surface area contributed by atoms with Gasteiger partial charge in [-0.15, -0.1) is 5.92 Å². The van der Waals surface area contributed by atoms with E-state index < -0.39 is 6.04 Å². The van der Waals surface area contributed by atoms with E-state index >= 15 is 0 Å². The first kappa shape index (κ1) is 15.9. The first-order valence-electron chi connectivity index (χ1n) is 7.69. The van der Waals surface area contributed by atoms with Crippen LogP contribution in [0.15, 0.2) is 53.1 Å². The summed E-state index contributed by atoms with van der Waals surface area (Å²) < 4.78 is 5.39. The van der Waals surface area contributed by atoms with Crippen LogP contribution < -0.4 is 5.32 Å². The van der Waals surface area contributed by atoms with Crippen LogP contribution in [0.1, 0.15) is 54.8 Å². The van der Waals surface area contributed by atoms with E-state index in [1.165, 1.54) is 12.8 Å². The van der Waals surface area contributed by atoms with Gasteiger partial charge in [0.15, 0.2) is 0 Å². The Kier molecular flexibility index (Phi) is 6.32. The van der Waals surface area contributed by atoms with Crippen LogP contribution in [0.2, 0.25) is 0 Å². The summed E-state index contributed by atoms with van der Waals surface area (Å²) in [5.74, 6) is 6.76. The van der Waals surface area contributed by atoms with Crippen molar-refractivity contribution in [3.63, 3.8) is 0 Å². The molecule has 2 aromatic rings. The molecule has 1 atom stereocenters. The van der Waals surface area contributed by atoms with Gasteiger partial charge in [0.05, 0.1) is 6.26 Å². The molecule has 114 valence electrons. The highest BCUT2D eigenvalue weighted by molar-refractivity contribution is 5.94. The quantitative estimate of drug-likeness (QED) is 0.636. The molecule has 3 nitrogen and oxygen atoms in total. The SMILES string of the molecule is CCCCCC#C[C@H](NC(=O)c1ccccc1)c1ccco1. The standard InChI is InChI=1S/C19H21NO2/c1-2-3-4-5-9-13-17(18-14-10-15-22-18)20-19(21)16-11-7-6-8-12-16/h6-8,10-12,14-15,17H,2-5H2,1H3,(H,20,21)/t17-/m0/s1. The second-order valence-corrected chi connectivity index (χ2v) is 5.07. The lowest BCUT2D eigenvalue weighted by Crippen LogP contribution is -2.27. The predicted octanol–water partition coefficient (Wildman–Crippen LogP) is 4.33. The maximum absolute atomic E-state index is 12.3. The molecular weight excluding hydrogens is 274 g/mol. The van der Waals surface area contributed by atoms with E-state index in [4.69, 9.17) is 4.42 Å². The highest BCUT2D eigenvalue weighted by Gasteiger charge is 2.15. The number of hydrogen-bond donors (Lipinski definition) is 1. The molecule has 0 bridgehead atoms. The lowest BCUT2D eigenvalue weighted by atomic mass is 10.1. The molecule has 0 saturated heterocycles. The summed E-state index contributed by atoms with van der Waals surface area (Å²) in [4.78, 5) is 12.3. The lowest BCUT2D eigenvalue weighted by Gasteiger charge is -2.11. The summed E-state index contributed by atoms with van der Waals surface area (Å²) in [5, 5.41) is 2.92. The zero-order valence-electron chi connectivity index (χ0n) is 12.8. The molecule has 0 unspecified atom stereocenters. The van der Waals surface area contributed by atoms with Crippen molar-refractivity contribution in [2.24, 2.45) is 0 Å². The highest BCUT2D eigenvalue weighted by atomic mass is 16.3. The van der Waals surface area contributed by atoms with Gasteiger partial charge in [0.1, 0.15) is 11.8 Å². The first-order valence-corrected chi connectivity index (χ1v) is 7.69. The van der Waals surface area contributed by atoms with E-state index in [2.05, 4.69) is 24.1 Å². The molecule has 1 heterocycles. The van der Waals surface area contributed by atoms with Crippen LogP contribution in [-0.4, -0.2) is 5.91 Å². The summed E-state index contributed by atoms with van der Waals surface area (Å²) in [7, 11) is 0. The minimum Gasteiger partial charge on any atom is -0.466 e. The van der Waals surface area contributed by atoms with Gasteiger partial charge in [0.25, 0.3) is 5.91 Å². The maximum atomic E-state index is 12.3. The maximum Gasteiger partial charge on any atom is 0.252 e. The minimum atomic E-state index is -0.413. The van der Waals surface area contributed by atoms with E-state index in [0.717, 1.165) is 12.8 Å². The second-order valence-electron chi connectivity index (χ2n) is 5.07. The van der Waals surface area contributed by atoms with Crippen molar-refractivity contribution in [1.82, 2.24) is 5.32 Å². The number of benzene rings is 1. The normalized spacial score (nSPS) is 11.3.